The minimum absolute atomic E-state index is 0.0293. The second-order valence-electron chi connectivity index (χ2n) is 9.41. The van der Waals surface area contributed by atoms with Crippen LogP contribution in [0.2, 0.25) is 0 Å². The summed E-state index contributed by atoms with van der Waals surface area (Å²) in [7, 11) is -3.66. The molecule has 2 saturated heterocycles. The average Bonchev–Trinajstić information content (AvgIpc) is 3.34. The van der Waals surface area contributed by atoms with Gasteiger partial charge in [0, 0.05) is 50.0 Å². The molecule has 0 spiro atoms. The lowest BCUT2D eigenvalue weighted by Gasteiger charge is -2.32. The number of hydrogen-bond acceptors (Lipinski definition) is 6. The summed E-state index contributed by atoms with van der Waals surface area (Å²) in [6.07, 6.45) is -2.63. The van der Waals surface area contributed by atoms with Crippen LogP contribution in [0.25, 0.3) is 0 Å². The summed E-state index contributed by atoms with van der Waals surface area (Å²) in [6.45, 7) is 2.09. The van der Waals surface area contributed by atoms with Crippen LogP contribution in [0.1, 0.15) is 18.4 Å². The quantitative estimate of drug-likeness (QED) is 0.620. The Balaban J connectivity index is 1.15. The van der Waals surface area contributed by atoms with Gasteiger partial charge in [-0.15, -0.1) is 0 Å². The smallest absolute Gasteiger partial charge is 0.371 e. The summed E-state index contributed by atoms with van der Waals surface area (Å²) in [5.41, 5.74) is 5.51. The van der Waals surface area contributed by atoms with E-state index in [-0.39, 0.29) is 22.8 Å². The number of pyridine rings is 1. The van der Waals surface area contributed by atoms with Crippen LogP contribution >= 0.6 is 0 Å². The van der Waals surface area contributed by atoms with Crippen LogP contribution in [0.15, 0.2) is 47.5 Å². The summed E-state index contributed by atoms with van der Waals surface area (Å²) >= 11 is 0. The SMILES string of the molecule is NC(=O)[C@H]1[C@@H]2CN(c3ccc(S(=O)(=O)N4CCC(Nc5ccc(C(F)(F)F)cn5)CC4)cc3)C[C@@H]21. The normalized spacial score (nSPS) is 25.3. The number of primary amides is 1. The van der Waals surface area contributed by atoms with E-state index in [1.165, 1.54) is 10.4 Å². The molecule has 3 fully saturated rings. The molecule has 2 aromatic rings. The van der Waals surface area contributed by atoms with Gasteiger partial charge in [0.05, 0.1) is 10.5 Å². The molecule has 8 nitrogen and oxygen atoms in total. The number of fused-ring (bicyclic) bond motifs is 1. The van der Waals surface area contributed by atoms with Crippen LogP contribution < -0.4 is 16.0 Å². The first-order valence-electron chi connectivity index (χ1n) is 11.5. The molecule has 35 heavy (non-hydrogen) atoms. The third-order valence-electron chi connectivity index (χ3n) is 7.26. The number of alkyl halides is 3. The number of piperidine rings is 2. The number of aromatic nitrogens is 1. The van der Waals surface area contributed by atoms with E-state index in [0.717, 1.165) is 31.0 Å². The fourth-order valence-corrected chi connectivity index (χ4v) is 6.70. The van der Waals surface area contributed by atoms with Crippen molar-refractivity contribution in [1.82, 2.24) is 9.29 Å². The van der Waals surface area contributed by atoms with Gasteiger partial charge in [-0.05, 0) is 61.1 Å². The van der Waals surface area contributed by atoms with Crippen molar-refractivity contribution in [2.45, 2.75) is 30.0 Å². The van der Waals surface area contributed by atoms with Gasteiger partial charge in [-0.1, -0.05) is 0 Å². The van der Waals surface area contributed by atoms with Crippen molar-refractivity contribution in [1.29, 1.82) is 0 Å². The Morgan fingerprint density at radius 2 is 1.66 bits per heavy atom. The zero-order valence-corrected chi connectivity index (χ0v) is 19.6. The number of nitrogens with two attached hydrogens (primary N) is 1. The molecule has 0 unspecified atom stereocenters. The third kappa shape index (κ3) is 4.68. The first-order chi connectivity index (χ1) is 16.5. The Kier molecular flexibility index (Phi) is 5.91. The standard InChI is InChI=1S/C23H26F3N5O3S/c24-23(25,26)14-1-6-20(28-11-14)29-15-7-9-31(10-8-15)35(33,34)17-4-2-16(3-5-17)30-12-18-19(13-30)21(18)22(27)32/h1-6,11,15,18-19,21H,7-10,12-13H2,(H2,27,32)(H,28,29)/t18-,19+,21+. The van der Waals surface area contributed by atoms with Crippen LogP contribution in [0.5, 0.6) is 0 Å². The number of amides is 1. The van der Waals surface area contributed by atoms with Gasteiger partial charge in [-0.25, -0.2) is 13.4 Å². The van der Waals surface area contributed by atoms with E-state index < -0.39 is 21.8 Å². The van der Waals surface area contributed by atoms with Crippen molar-refractivity contribution in [3.8, 4) is 0 Å². The Hall–Kier alpha value is -2.86. The number of nitrogens with one attached hydrogen (secondary N) is 1. The number of carbonyl (C=O) groups is 1. The molecule has 0 radical (unpaired) electrons. The Bertz CT molecular complexity index is 1180. The molecule has 1 saturated carbocycles. The van der Waals surface area contributed by atoms with E-state index >= 15 is 0 Å². The van der Waals surface area contributed by atoms with E-state index in [4.69, 9.17) is 5.73 Å². The number of sulfonamides is 1. The lowest BCUT2D eigenvalue weighted by molar-refractivity contribution is -0.137. The molecule has 188 valence electrons. The topological polar surface area (TPSA) is 109 Å². The van der Waals surface area contributed by atoms with Crippen molar-refractivity contribution in [2.75, 3.05) is 36.4 Å². The first kappa shape index (κ1) is 23.9. The molecule has 1 aliphatic carbocycles. The van der Waals surface area contributed by atoms with E-state index in [1.54, 1.807) is 24.3 Å². The number of benzene rings is 1. The van der Waals surface area contributed by atoms with Crippen molar-refractivity contribution < 1.29 is 26.4 Å². The monoisotopic (exact) mass is 509 g/mol. The number of carbonyl (C=O) groups excluding carboxylic acids is 1. The molecule has 3 heterocycles. The van der Waals surface area contributed by atoms with Gasteiger partial charge in [0.1, 0.15) is 5.82 Å². The largest absolute Gasteiger partial charge is 0.417 e. The van der Waals surface area contributed by atoms with Crippen LogP contribution in [-0.2, 0) is 21.0 Å². The lowest BCUT2D eigenvalue weighted by atomic mass is 10.1. The highest BCUT2D eigenvalue weighted by atomic mass is 32.2. The predicted molar refractivity (Wildman–Crippen MR) is 123 cm³/mol. The molecule has 1 aromatic carbocycles. The van der Waals surface area contributed by atoms with Gasteiger partial charge in [0.15, 0.2) is 0 Å². The molecular formula is C23H26F3N5O3S. The summed E-state index contributed by atoms with van der Waals surface area (Å²) in [5.74, 6) is 0.651. The van der Waals surface area contributed by atoms with Gasteiger partial charge < -0.3 is 16.0 Å². The lowest BCUT2D eigenvalue weighted by Crippen LogP contribution is -2.42. The van der Waals surface area contributed by atoms with E-state index in [2.05, 4.69) is 15.2 Å². The Morgan fingerprint density at radius 3 is 2.17 bits per heavy atom. The number of halogens is 3. The highest BCUT2D eigenvalue weighted by Gasteiger charge is 2.58. The van der Waals surface area contributed by atoms with Gasteiger partial charge >= 0.3 is 6.18 Å². The fraction of sp³-hybridized carbons (Fsp3) is 0.478. The number of anilines is 2. The number of nitrogens with zero attached hydrogens (tertiary/aromatic N) is 3. The maximum Gasteiger partial charge on any atom is 0.417 e. The van der Waals surface area contributed by atoms with Crippen molar-refractivity contribution in [2.24, 2.45) is 23.5 Å². The fourth-order valence-electron chi connectivity index (χ4n) is 5.23. The van der Waals surface area contributed by atoms with Crippen LogP contribution in [0.3, 0.4) is 0 Å². The van der Waals surface area contributed by atoms with Crippen molar-refractivity contribution in [3.05, 3.63) is 48.2 Å². The predicted octanol–water partition coefficient (Wildman–Crippen LogP) is 2.53. The molecule has 1 amide bonds. The van der Waals surface area contributed by atoms with Crippen molar-refractivity contribution in [3.63, 3.8) is 0 Å². The molecule has 0 bridgehead atoms. The molecule has 5 rings (SSSR count). The minimum Gasteiger partial charge on any atom is -0.371 e. The van der Waals surface area contributed by atoms with Gasteiger partial charge in [0.2, 0.25) is 15.9 Å². The highest BCUT2D eigenvalue weighted by Crippen LogP contribution is 2.52. The van der Waals surface area contributed by atoms with E-state index in [0.29, 0.717) is 43.6 Å². The summed E-state index contributed by atoms with van der Waals surface area (Å²) in [6, 6.07) is 8.97. The minimum atomic E-state index is -4.44. The summed E-state index contributed by atoms with van der Waals surface area (Å²) in [5, 5.41) is 3.09. The second kappa shape index (κ2) is 8.66. The van der Waals surface area contributed by atoms with E-state index in [9.17, 15) is 26.4 Å². The van der Waals surface area contributed by atoms with Crippen LogP contribution in [-0.4, -0.2) is 55.8 Å². The van der Waals surface area contributed by atoms with Gasteiger partial charge in [-0.2, -0.15) is 17.5 Å². The van der Waals surface area contributed by atoms with Gasteiger partial charge in [0.25, 0.3) is 0 Å². The average molecular weight is 510 g/mol. The second-order valence-corrected chi connectivity index (χ2v) is 11.3. The summed E-state index contributed by atoms with van der Waals surface area (Å²) < 4.78 is 65.7. The molecule has 3 N–H and O–H groups in total. The maximum absolute atomic E-state index is 13.1. The van der Waals surface area contributed by atoms with E-state index in [1.807, 2.05) is 0 Å². The molecule has 3 atom stereocenters. The number of rotatable bonds is 6. The molecule has 1 aromatic heterocycles. The van der Waals surface area contributed by atoms with Gasteiger partial charge in [-0.3, -0.25) is 4.79 Å². The molecule has 2 aliphatic heterocycles. The Labute approximate surface area is 201 Å². The molecule has 3 aliphatic rings. The Morgan fingerprint density at radius 1 is 1.03 bits per heavy atom. The zero-order valence-electron chi connectivity index (χ0n) is 18.8. The molecule has 12 heteroatoms. The molecular weight excluding hydrogens is 483 g/mol. The van der Waals surface area contributed by atoms with Crippen LogP contribution in [0, 0.1) is 17.8 Å². The first-order valence-corrected chi connectivity index (χ1v) is 12.9. The van der Waals surface area contributed by atoms with Crippen molar-refractivity contribution >= 4 is 27.4 Å². The number of hydrogen-bond donors (Lipinski definition) is 2. The third-order valence-corrected chi connectivity index (χ3v) is 9.17. The zero-order chi connectivity index (χ0) is 25.0. The highest BCUT2D eigenvalue weighted by molar-refractivity contribution is 7.89. The van der Waals surface area contributed by atoms with Crippen LogP contribution in [0.4, 0.5) is 24.7 Å². The maximum atomic E-state index is 13.1. The summed E-state index contributed by atoms with van der Waals surface area (Å²) in [4.78, 5) is 17.6.